The van der Waals surface area contributed by atoms with E-state index >= 15 is 0 Å². The molecule has 6 aromatic rings. The fraction of sp³-hybridized carbons (Fsp3) is 0.333. The van der Waals surface area contributed by atoms with E-state index in [4.69, 9.17) is 0 Å². The smallest absolute Gasteiger partial charge is 0.343 e. The maximum atomic E-state index is 3.60. The fourth-order valence-corrected chi connectivity index (χ4v) is 7.45. The Morgan fingerprint density at radius 2 is 0.930 bits per heavy atom. The number of hydrogen-bond acceptors (Lipinski definition) is 0. The van der Waals surface area contributed by atoms with E-state index in [0.717, 1.165) is 25.7 Å². The molecule has 43 heavy (non-hydrogen) atoms. The van der Waals surface area contributed by atoms with Crippen molar-refractivity contribution >= 4 is 43.1 Å². The van der Waals surface area contributed by atoms with Crippen LogP contribution in [0.4, 0.5) is 0 Å². The Morgan fingerprint density at radius 3 is 1.30 bits per heavy atom. The van der Waals surface area contributed by atoms with Gasteiger partial charge in [-0.25, -0.2) is 0 Å². The first-order valence-electron chi connectivity index (χ1n) is 16.3. The third-order valence-corrected chi connectivity index (χ3v) is 9.72. The number of benzene rings is 4. The summed E-state index contributed by atoms with van der Waals surface area (Å²) in [4.78, 5) is 0. The van der Waals surface area contributed by atoms with Crippen LogP contribution in [0.5, 0.6) is 0 Å². The number of rotatable bonds is 5. The summed E-state index contributed by atoms with van der Waals surface area (Å²) in [6, 6.07) is 23.8. The van der Waals surface area contributed by atoms with Gasteiger partial charge in [-0.1, -0.05) is 112 Å². The third-order valence-electron chi connectivity index (χ3n) is 9.72. The summed E-state index contributed by atoms with van der Waals surface area (Å²) in [6.45, 7) is 16.1. The van der Waals surface area contributed by atoms with Crippen LogP contribution < -0.4 is 0 Å². The molecule has 0 radical (unpaired) electrons. The van der Waals surface area contributed by atoms with Crippen molar-refractivity contribution in [1.82, 2.24) is 0 Å². The van der Waals surface area contributed by atoms with Crippen molar-refractivity contribution in [2.75, 3.05) is 0 Å². The number of unbranched alkanes of at least 4 members (excludes halogenated alkanes) is 2. The third kappa shape index (κ3) is 5.73. The van der Waals surface area contributed by atoms with E-state index < -0.39 is 0 Å². The molecule has 0 bridgehead atoms. The number of aryl methyl sites for hydroxylation is 8. The molecule has 0 nitrogen and oxygen atoms in total. The molecule has 0 aromatic heterocycles. The quantitative estimate of drug-likeness (QED) is 0.164. The molecule has 218 valence electrons. The molecule has 0 saturated carbocycles. The summed E-state index contributed by atoms with van der Waals surface area (Å²) in [7, 11) is 0. The average molecular weight is 642 g/mol. The van der Waals surface area contributed by atoms with Gasteiger partial charge in [0.2, 0.25) is 0 Å². The van der Waals surface area contributed by atoms with Crippen LogP contribution in [0.3, 0.4) is 0 Å². The Morgan fingerprint density at radius 1 is 0.558 bits per heavy atom. The van der Waals surface area contributed by atoms with Crippen molar-refractivity contribution in [2.24, 2.45) is 0 Å². The van der Waals surface area contributed by atoms with E-state index in [1.807, 2.05) is 0 Å². The molecule has 0 aliphatic heterocycles. The van der Waals surface area contributed by atoms with Gasteiger partial charge < -0.3 is 13.8 Å². The van der Waals surface area contributed by atoms with Crippen LogP contribution in [0.25, 0.3) is 43.1 Å². The van der Waals surface area contributed by atoms with Crippen LogP contribution in [0.2, 0.25) is 0 Å². The van der Waals surface area contributed by atoms with Crippen LogP contribution in [-0.4, -0.2) is 0 Å². The topological polar surface area (TPSA) is 0 Å². The van der Waals surface area contributed by atoms with E-state index in [0.29, 0.717) is 0 Å². The molecule has 2 aliphatic rings. The molecule has 6 aromatic carbocycles. The standard InChI is InChI=1S/C34H28.2C4H9.Zr/c1-19-15-29-27-7-3-5-21-9-11-23(33(21)27)17-31(29)25(19)13-14-26-20(2)16-30-28-8-4-6-22-10-12-24(34(22)28)18-32(26)30;2*1-3-4-2;/h3-8,15-18H,9-14H2,1-2H3;2*1,3-4H2,2H3;/q-2;2*-1;+4. The van der Waals surface area contributed by atoms with Gasteiger partial charge in [-0.15, -0.1) is 55.9 Å². The molecule has 0 amide bonds. The fourth-order valence-electron chi connectivity index (χ4n) is 7.45. The van der Waals surface area contributed by atoms with Crippen molar-refractivity contribution in [3.8, 4) is 0 Å². The van der Waals surface area contributed by atoms with Gasteiger partial charge in [-0.2, -0.15) is 25.0 Å². The maximum absolute atomic E-state index is 3.60. The molecular weight excluding hydrogens is 596 g/mol. The van der Waals surface area contributed by atoms with E-state index in [-0.39, 0.29) is 26.2 Å². The molecule has 0 atom stereocenters. The largest absolute Gasteiger partial charge is 4.00 e. The van der Waals surface area contributed by atoms with Gasteiger partial charge in [-0.05, 0) is 47.6 Å². The van der Waals surface area contributed by atoms with Gasteiger partial charge >= 0.3 is 26.2 Å². The summed E-state index contributed by atoms with van der Waals surface area (Å²) in [5.74, 6) is 0. The summed E-state index contributed by atoms with van der Waals surface area (Å²) in [6.07, 6.45) is 11.6. The Bertz CT molecular complexity index is 1750. The molecule has 0 spiro atoms. The predicted octanol–water partition coefficient (Wildman–Crippen LogP) is 11.6. The average Bonchev–Trinajstić information content (AvgIpc) is 3.78. The van der Waals surface area contributed by atoms with E-state index in [9.17, 15) is 0 Å². The Balaban J connectivity index is 0.000000369. The van der Waals surface area contributed by atoms with Crippen molar-refractivity contribution in [3.63, 3.8) is 0 Å². The molecule has 1 heteroatoms. The molecule has 0 saturated heterocycles. The first-order valence-corrected chi connectivity index (χ1v) is 16.3. The Kier molecular flexibility index (Phi) is 10.1. The zero-order valence-corrected chi connectivity index (χ0v) is 29.2. The monoisotopic (exact) mass is 640 g/mol. The molecular formula is C42H46Zr. The van der Waals surface area contributed by atoms with E-state index in [1.54, 1.807) is 22.3 Å². The molecule has 0 unspecified atom stereocenters. The van der Waals surface area contributed by atoms with Crippen molar-refractivity contribution in [3.05, 3.63) is 119 Å². The zero-order chi connectivity index (χ0) is 29.4. The minimum absolute atomic E-state index is 0. The first-order chi connectivity index (χ1) is 20.5. The van der Waals surface area contributed by atoms with Crippen molar-refractivity contribution < 1.29 is 26.2 Å². The summed E-state index contributed by atoms with van der Waals surface area (Å²) in [5.41, 5.74) is 12.2. The number of hydrogen-bond donors (Lipinski definition) is 0. The van der Waals surface area contributed by atoms with Gasteiger partial charge in [0.05, 0.1) is 0 Å². The molecule has 2 aliphatic carbocycles. The Labute approximate surface area is 278 Å². The van der Waals surface area contributed by atoms with Crippen molar-refractivity contribution in [1.29, 1.82) is 0 Å². The second kappa shape index (κ2) is 13.6. The van der Waals surface area contributed by atoms with Crippen molar-refractivity contribution in [2.45, 2.75) is 91.9 Å². The summed E-state index contributed by atoms with van der Waals surface area (Å²) < 4.78 is 0. The van der Waals surface area contributed by atoms with Crippen LogP contribution in [0.1, 0.15) is 84.0 Å². The first kappa shape index (κ1) is 31.9. The SMILES string of the molecule is Cc1cc2c3cccc4c3c(cc2[c-]1CC[c-]1c(C)cc2c3cccc5c3c(cc21)CC5)CC4.[CH2-]CCC.[CH2-]CCC.[Zr+4]. The van der Waals surface area contributed by atoms with Gasteiger partial charge in [0, 0.05) is 0 Å². The summed E-state index contributed by atoms with van der Waals surface area (Å²) >= 11 is 0. The zero-order valence-electron chi connectivity index (χ0n) is 26.8. The van der Waals surface area contributed by atoms with Crippen LogP contribution in [-0.2, 0) is 64.7 Å². The van der Waals surface area contributed by atoms with Crippen LogP contribution in [0, 0.1) is 27.7 Å². The molecule has 8 rings (SSSR count). The Hall–Kier alpha value is -2.50. The maximum Gasteiger partial charge on any atom is 4.00 e. The van der Waals surface area contributed by atoms with Gasteiger partial charge in [0.25, 0.3) is 0 Å². The number of fused-ring (bicyclic) bond motifs is 4. The van der Waals surface area contributed by atoms with Gasteiger partial charge in [0.1, 0.15) is 0 Å². The van der Waals surface area contributed by atoms with Gasteiger partial charge in [0.15, 0.2) is 0 Å². The van der Waals surface area contributed by atoms with Gasteiger partial charge in [-0.3, -0.25) is 0 Å². The molecule has 0 heterocycles. The molecule has 0 N–H and O–H groups in total. The minimum Gasteiger partial charge on any atom is -0.343 e. The summed E-state index contributed by atoms with van der Waals surface area (Å²) in [5, 5.41) is 11.9. The van der Waals surface area contributed by atoms with E-state index in [2.05, 4.69) is 102 Å². The second-order valence-electron chi connectivity index (χ2n) is 12.5. The van der Waals surface area contributed by atoms with Crippen LogP contribution in [0.15, 0.2) is 60.7 Å². The van der Waals surface area contributed by atoms with Crippen LogP contribution >= 0.6 is 0 Å². The second-order valence-corrected chi connectivity index (χ2v) is 12.5. The minimum atomic E-state index is 0. The normalized spacial score (nSPS) is 12.9. The predicted molar refractivity (Wildman–Crippen MR) is 186 cm³/mol. The molecule has 0 fully saturated rings. The van der Waals surface area contributed by atoms with E-state index in [1.165, 1.54) is 104 Å².